The Morgan fingerprint density at radius 3 is 2.57 bits per heavy atom. The Morgan fingerprint density at radius 2 is 1.76 bits per heavy atom. The number of aromatic nitrogens is 1. The second-order valence-corrected chi connectivity index (χ2v) is 4.81. The number of nitrogens with two attached hydrogens (primary N) is 1. The number of hydrogen-bond donors (Lipinski definition) is 1. The zero-order valence-electron chi connectivity index (χ0n) is 11.8. The number of amidine groups is 1. The first-order valence-corrected chi connectivity index (χ1v) is 6.71. The van der Waals surface area contributed by atoms with E-state index in [4.69, 9.17) is 5.73 Å². The summed E-state index contributed by atoms with van der Waals surface area (Å²) < 4.78 is 2.07. The number of nitrogens with zero attached hydrogens (tertiary/aromatic N) is 3. The highest BCUT2D eigenvalue weighted by Gasteiger charge is 2.03. The van der Waals surface area contributed by atoms with Gasteiger partial charge in [-0.1, -0.05) is 48.5 Å². The first kappa shape index (κ1) is 13.1. The SMILES string of the molecule is Cn1cc(/C=N/N=C(/N)c2ccccc2)c2ccccc21. The van der Waals surface area contributed by atoms with E-state index in [2.05, 4.69) is 26.9 Å². The molecule has 0 saturated heterocycles. The molecular weight excluding hydrogens is 260 g/mol. The van der Waals surface area contributed by atoms with Crippen molar-refractivity contribution in [2.75, 3.05) is 0 Å². The summed E-state index contributed by atoms with van der Waals surface area (Å²) in [7, 11) is 2.02. The van der Waals surface area contributed by atoms with E-state index in [1.54, 1.807) is 6.21 Å². The average molecular weight is 276 g/mol. The number of aryl methyl sites for hydroxylation is 1. The standard InChI is InChI=1S/C17H16N4/c1-21-12-14(15-9-5-6-10-16(15)21)11-19-20-17(18)13-7-3-2-4-8-13/h2-12H,1H3,(H2,18,20)/b19-11+. The highest BCUT2D eigenvalue weighted by Crippen LogP contribution is 2.18. The van der Waals surface area contributed by atoms with Crippen LogP contribution in [0.15, 0.2) is 71.0 Å². The number of rotatable bonds is 3. The van der Waals surface area contributed by atoms with Crippen LogP contribution in [0.2, 0.25) is 0 Å². The average Bonchev–Trinajstić information content (AvgIpc) is 2.85. The van der Waals surface area contributed by atoms with Crippen molar-refractivity contribution in [3.63, 3.8) is 0 Å². The van der Waals surface area contributed by atoms with Gasteiger partial charge in [-0.15, -0.1) is 5.10 Å². The fraction of sp³-hybridized carbons (Fsp3) is 0.0588. The van der Waals surface area contributed by atoms with Gasteiger partial charge in [0.2, 0.25) is 0 Å². The van der Waals surface area contributed by atoms with Gasteiger partial charge in [0.15, 0.2) is 5.84 Å². The maximum Gasteiger partial charge on any atom is 0.153 e. The lowest BCUT2D eigenvalue weighted by Gasteiger charge is -1.96. The third kappa shape index (κ3) is 2.69. The molecule has 0 unspecified atom stereocenters. The van der Waals surface area contributed by atoms with Crippen molar-refractivity contribution < 1.29 is 0 Å². The second kappa shape index (κ2) is 5.63. The molecule has 21 heavy (non-hydrogen) atoms. The zero-order valence-corrected chi connectivity index (χ0v) is 11.8. The van der Waals surface area contributed by atoms with E-state index in [0.29, 0.717) is 5.84 Å². The highest BCUT2D eigenvalue weighted by atomic mass is 15.2. The summed E-state index contributed by atoms with van der Waals surface area (Å²) in [5.41, 5.74) is 8.97. The van der Waals surface area contributed by atoms with Crippen molar-refractivity contribution >= 4 is 23.0 Å². The van der Waals surface area contributed by atoms with Gasteiger partial charge < -0.3 is 10.3 Å². The summed E-state index contributed by atoms with van der Waals surface area (Å²) in [4.78, 5) is 0. The smallest absolute Gasteiger partial charge is 0.153 e. The van der Waals surface area contributed by atoms with Crippen molar-refractivity contribution in [1.82, 2.24) is 4.57 Å². The van der Waals surface area contributed by atoms with E-state index in [-0.39, 0.29) is 0 Å². The van der Waals surface area contributed by atoms with Crippen molar-refractivity contribution in [2.24, 2.45) is 23.0 Å². The van der Waals surface area contributed by atoms with Crippen LogP contribution in [0.3, 0.4) is 0 Å². The van der Waals surface area contributed by atoms with Crippen LogP contribution in [-0.2, 0) is 7.05 Å². The molecule has 1 aromatic heterocycles. The van der Waals surface area contributed by atoms with Gasteiger partial charge in [-0.25, -0.2) is 0 Å². The van der Waals surface area contributed by atoms with Gasteiger partial charge in [0.25, 0.3) is 0 Å². The van der Waals surface area contributed by atoms with Crippen molar-refractivity contribution in [2.45, 2.75) is 0 Å². The Labute approximate surface area is 123 Å². The molecule has 0 aliphatic carbocycles. The van der Waals surface area contributed by atoms with Crippen molar-refractivity contribution in [3.05, 3.63) is 71.9 Å². The normalized spacial score (nSPS) is 12.3. The van der Waals surface area contributed by atoms with E-state index >= 15 is 0 Å². The van der Waals surface area contributed by atoms with E-state index in [1.807, 2.05) is 55.7 Å². The Morgan fingerprint density at radius 1 is 1.05 bits per heavy atom. The molecule has 2 N–H and O–H groups in total. The molecule has 0 spiro atoms. The number of benzene rings is 2. The topological polar surface area (TPSA) is 55.7 Å². The predicted octanol–water partition coefficient (Wildman–Crippen LogP) is 2.92. The van der Waals surface area contributed by atoms with Crippen LogP contribution < -0.4 is 5.73 Å². The van der Waals surface area contributed by atoms with Crippen LogP contribution in [0.4, 0.5) is 0 Å². The van der Waals surface area contributed by atoms with Gasteiger partial charge >= 0.3 is 0 Å². The molecule has 1 heterocycles. The summed E-state index contributed by atoms with van der Waals surface area (Å²) in [5.74, 6) is 0.409. The van der Waals surface area contributed by atoms with E-state index in [0.717, 1.165) is 16.5 Å². The third-order valence-corrected chi connectivity index (χ3v) is 3.36. The molecule has 0 aliphatic heterocycles. The summed E-state index contributed by atoms with van der Waals surface area (Å²) in [5, 5.41) is 9.32. The Hall–Kier alpha value is -2.88. The van der Waals surface area contributed by atoms with E-state index < -0.39 is 0 Å². The Balaban J connectivity index is 1.89. The van der Waals surface area contributed by atoms with Gasteiger partial charge in [-0.2, -0.15) is 5.10 Å². The fourth-order valence-corrected chi connectivity index (χ4v) is 2.30. The van der Waals surface area contributed by atoms with Gasteiger partial charge in [0, 0.05) is 35.3 Å². The quantitative estimate of drug-likeness (QED) is 0.446. The molecule has 3 rings (SSSR count). The molecule has 0 fully saturated rings. The minimum Gasteiger partial charge on any atom is -0.382 e. The Kier molecular flexibility index (Phi) is 3.51. The number of hydrogen-bond acceptors (Lipinski definition) is 2. The summed E-state index contributed by atoms with van der Waals surface area (Å²) in [6.07, 6.45) is 3.76. The molecule has 0 atom stereocenters. The molecule has 0 aliphatic rings. The first-order valence-electron chi connectivity index (χ1n) is 6.71. The van der Waals surface area contributed by atoms with Crippen molar-refractivity contribution in [3.8, 4) is 0 Å². The van der Waals surface area contributed by atoms with Crippen LogP contribution in [-0.4, -0.2) is 16.6 Å². The summed E-state index contributed by atoms with van der Waals surface area (Å²) in [6.45, 7) is 0. The highest BCUT2D eigenvalue weighted by molar-refractivity contribution is 6.00. The molecule has 0 radical (unpaired) electrons. The van der Waals surface area contributed by atoms with Crippen LogP contribution in [0, 0.1) is 0 Å². The van der Waals surface area contributed by atoms with Gasteiger partial charge in [0.1, 0.15) is 0 Å². The summed E-state index contributed by atoms with van der Waals surface area (Å²) in [6, 6.07) is 17.8. The minimum absolute atomic E-state index is 0.409. The van der Waals surface area contributed by atoms with Crippen molar-refractivity contribution in [1.29, 1.82) is 0 Å². The lowest BCUT2D eigenvalue weighted by Crippen LogP contribution is -2.12. The van der Waals surface area contributed by atoms with E-state index in [9.17, 15) is 0 Å². The maximum atomic E-state index is 5.91. The Bertz CT molecular complexity index is 813. The fourth-order valence-electron chi connectivity index (χ4n) is 2.30. The van der Waals surface area contributed by atoms with Gasteiger partial charge in [-0.05, 0) is 6.07 Å². The van der Waals surface area contributed by atoms with Gasteiger partial charge in [-0.3, -0.25) is 0 Å². The molecule has 4 nitrogen and oxygen atoms in total. The van der Waals surface area contributed by atoms with Crippen LogP contribution in [0.5, 0.6) is 0 Å². The van der Waals surface area contributed by atoms with Gasteiger partial charge in [0.05, 0.1) is 6.21 Å². The molecule has 0 bridgehead atoms. The molecule has 2 aromatic carbocycles. The molecule has 0 amide bonds. The second-order valence-electron chi connectivity index (χ2n) is 4.81. The number of fused-ring (bicyclic) bond motifs is 1. The lowest BCUT2D eigenvalue weighted by atomic mass is 10.2. The lowest BCUT2D eigenvalue weighted by molar-refractivity contribution is 0.968. The maximum absolute atomic E-state index is 5.91. The first-order chi connectivity index (χ1) is 10.3. The molecular formula is C17H16N4. The number of para-hydroxylation sites is 1. The van der Waals surface area contributed by atoms with E-state index in [1.165, 1.54) is 5.52 Å². The zero-order chi connectivity index (χ0) is 14.7. The van der Waals surface area contributed by atoms with Crippen LogP contribution in [0.1, 0.15) is 11.1 Å². The minimum atomic E-state index is 0.409. The largest absolute Gasteiger partial charge is 0.382 e. The molecule has 104 valence electrons. The molecule has 0 saturated carbocycles. The predicted molar refractivity (Wildman–Crippen MR) is 87.7 cm³/mol. The molecule has 3 aromatic rings. The summed E-state index contributed by atoms with van der Waals surface area (Å²) >= 11 is 0. The third-order valence-electron chi connectivity index (χ3n) is 3.36. The van der Waals surface area contributed by atoms with Crippen LogP contribution in [0.25, 0.3) is 10.9 Å². The molecule has 4 heteroatoms. The van der Waals surface area contributed by atoms with Crippen LogP contribution >= 0.6 is 0 Å². The monoisotopic (exact) mass is 276 g/mol.